The fourth-order valence-electron chi connectivity index (χ4n) is 9.15. The van der Waals surface area contributed by atoms with Crippen molar-refractivity contribution in [3.63, 3.8) is 0 Å². The number of carbonyl (C=O) groups is 2. The van der Waals surface area contributed by atoms with E-state index in [-0.39, 0.29) is 30.3 Å². The molecule has 4 atom stereocenters. The van der Waals surface area contributed by atoms with Crippen LogP contribution in [-0.4, -0.2) is 81.0 Å². The summed E-state index contributed by atoms with van der Waals surface area (Å²) in [5.41, 5.74) is 15.9. The normalized spacial score (nSPS) is 24.4. The van der Waals surface area contributed by atoms with Crippen LogP contribution in [-0.2, 0) is 40.1 Å². The number of carbonyl (C=O) groups excluding carboxylic acids is 2. The third-order valence-electron chi connectivity index (χ3n) is 12.3. The van der Waals surface area contributed by atoms with Gasteiger partial charge in [-0.2, -0.15) is 0 Å². The molecule has 7 N–H and O–H groups in total. The number of aromatic nitrogens is 1. The fourth-order valence-corrected chi connectivity index (χ4v) is 11.3. The Morgan fingerprint density at radius 2 is 1.77 bits per heavy atom. The number of aliphatic imine (C=N–C) groups is 1. The first kappa shape index (κ1) is 46.4. The number of nitrogens with one attached hydrogen (secondary N) is 1. The number of aliphatic hydroxyl groups is 1. The van der Waals surface area contributed by atoms with E-state index in [9.17, 15) is 19.8 Å². The zero-order valence-corrected chi connectivity index (χ0v) is 37.4. The summed E-state index contributed by atoms with van der Waals surface area (Å²) in [5, 5.41) is 26.2. The molecule has 3 aromatic rings. The topological polar surface area (TPSA) is 186 Å². The van der Waals surface area contributed by atoms with Gasteiger partial charge < -0.3 is 41.4 Å². The first-order chi connectivity index (χ1) is 29.5. The number of nitrogen functional groups attached to an aromatic ring is 1. The van der Waals surface area contributed by atoms with Gasteiger partial charge >= 0.3 is 5.97 Å². The van der Waals surface area contributed by atoms with Crippen molar-refractivity contribution in [2.45, 2.75) is 135 Å². The van der Waals surface area contributed by atoms with Gasteiger partial charge in [0.25, 0.3) is 0 Å². The number of aromatic hydroxyl groups is 1. The maximum atomic E-state index is 14.0. The van der Waals surface area contributed by atoms with Gasteiger partial charge in [0, 0.05) is 62.3 Å². The SMILES string of the molecule is CC(=O)OC1CCc2cc(c(O)c(OC3CCCC3)c2)CN2CC(Cc3ccnc(N)c3)(CCNC(N)=NCSSCC(CCc3ccccc3)CCCCC(O)C1)CC2=O. The quantitative estimate of drug-likeness (QED) is 0.110. The average Bonchev–Trinajstić information content (AvgIpc) is 3.85. The van der Waals surface area contributed by atoms with Gasteiger partial charge in [0.1, 0.15) is 11.9 Å². The lowest BCUT2D eigenvalue weighted by Crippen LogP contribution is -2.37. The molecule has 14 heteroatoms. The lowest BCUT2D eigenvalue weighted by atomic mass is 9.78. The van der Waals surface area contributed by atoms with E-state index >= 15 is 0 Å². The fraction of sp³-hybridized carbons (Fsp3) is 0.574. The average molecular weight is 875 g/mol. The van der Waals surface area contributed by atoms with Crippen LogP contribution in [0.25, 0.3) is 0 Å². The maximum Gasteiger partial charge on any atom is 0.302 e. The molecule has 3 heterocycles. The summed E-state index contributed by atoms with van der Waals surface area (Å²) in [6.45, 7) is 2.63. The number of guanidine groups is 1. The van der Waals surface area contributed by atoms with Gasteiger partial charge in [-0.1, -0.05) is 70.8 Å². The Balaban J connectivity index is 1.23. The van der Waals surface area contributed by atoms with E-state index in [2.05, 4.69) is 45.6 Å². The molecule has 1 saturated heterocycles. The Bertz CT molecular complexity index is 1900. The van der Waals surface area contributed by atoms with Gasteiger partial charge in [-0.05, 0) is 118 Å². The van der Waals surface area contributed by atoms with Crippen LogP contribution in [0.3, 0.4) is 0 Å². The minimum atomic E-state index is -0.603. The van der Waals surface area contributed by atoms with Crippen LogP contribution >= 0.6 is 21.6 Å². The summed E-state index contributed by atoms with van der Waals surface area (Å²) in [5.74, 6) is 2.93. The number of nitrogens with two attached hydrogens (primary N) is 2. The van der Waals surface area contributed by atoms with Crippen molar-refractivity contribution in [2.24, 2.45) is 22.1 Å². The number of hydrogen-bond donors (Lipinski definition) is 5. The van der Waals surface area contributed by atoms with E-state index in [1.807, 2.05) is 40.0 Å². The summed E-state index contributed by atoms with van der Waals surface area (Å²) >= 11 is 0. The number of esters is 1. The number of amides is 1. The van der Waals surface area contributed by atoms with Crippen molar-refractivity contribution in [3.05, 3.63) is 83.0 Å². The number of ether oxygens (including phenoxy) is 2. The van der Waals surface area contributed by atoms with Crippen molar-refractivity contribution >= 4 is 45.2 Å². The molecule has 1 aromatic heterocycles. The maximum absolute atomic E-state index is 14.0. The van der Waals surface area contributed by atoms with Crippen molar-refractivity contribution < 1.29 is 29.3 Å². The smallest absolute Gasteiger partial charge is 0.302 e. The second-order valence-electron chi connectivity index (χ2n) is 17.4. The molecule has 61 heavy (non-hydrogen) atoms. The van der Waals surface area contributed by atoms with Crippen molar-refractivity contribution in [3.8, 4) is 11.5 Å². The molecule has 4 bridgehead atoms. The summed E-state index contributed by atoms with van der Waals surface area (Å²) in [4.78, 5) is 36.9. The Morgan fingerprint density at radius 1 is 0.984 bits per heavy atom. The molecule has 4 unspecified atom stereocenters. The van der Waals surface area contributed by atoms with Crippen molar-refractivity contribution in [1.29, 1.82) is 0 Å². The van der Waals surface area contributed by atoms with Crippen LogP contribution in [0.2, 0.25) is 0 Å². The summed E-state index contributed by atoms with van der Waals surface area (Å²) < 4.78 is 12.2. The van der Waals surface area contributed by atoms with E-state index in [1.165, 1.54) is 12.5 Å². The summed E-state index contributed by atoms with van der Waals surface area (Å²) in [6.07, 6.45) is 13.3. The predicted molar refractivity (Wildman–Crippen MR) is 246 cm³/mol. The van der Waals surface area contributed by atoms with E-state index in [0.717, 1.165) is 74.7 Å². The van der Waals surface area contributed by atoms with Crippen LogP contribution in [0.1, 0.15) is 113 Å². The van der Waals surface area contributed by atoms with Crippen LogP contribution in [0.5, 0.6) is 11.5 Å². The number of rotatable bonds is 8. The predicted octanol–water partition coefficient (Wildman–Crippen LogP) is 7.72. The number of aryl methyl sites for hydroxylation is 2. The number of anilines is 1. The molecule has 12 nitrogen and oxygen atoms in total. The van der Waals surface area contributed by atoms with E-state index < -0.39 is 17.6 Å². The highest BCUT2D eigenvalue weighted by Gasteiger charge is 2.43. The Labute approximate surface area is 369 Å². The Morgan fingerprint density at radius 3 is 2.56 bits per heavy atom. The number of nitrogens with zero attached hydrogens (tertiary/aromatic N) is 3. The highest BCUT2D eigenvalue weighted by Crippen LogP contribution is 2.42. The Kier molecular flexibility index (Phi) is 17.7. The number of pyridine rings is 1. The molecule has 1 amide bonds. The molecule has 332 valence electrons. The zero-order valence-electron chi connectivity index (χ0n) is 35.8. The second kappa shape index (κ2) is 23.3. The number of fused-ring (bicyclic) bond motifs is 4. The molecular weight excluding hydrogens is 809 g/mol. The summed E-state index contributed by atoms with van der Waals surface area (Å²) in [7, 11) is 3.52. The summed E-state index contributed by atoms with van der Waals surface area (Å²) in [6, 6.07) is 18.3. The van der Waals surface area contributed by atoms with Gasteiger partial charge in [0.15, 0.2) is 17.5 Å². The first-order valence-corrected chi connectivity index (χ1v) is 24.7. The third kappa shape index (κ3) is 15.0. The number of benzene rings is 2. The van der Waals surface area contributed by atoms with E-state index in [1.54, 1.807) is 17.0 Å². The molecule has 6 rings (SSSR count). The van der Waals surface area contributed by atoms with Crippen LogP contribution in [0.4, 0.5) is 5.82 Å². The van der Waals surface area contributed by atoms with Crippen molar-refractivity contribution in [1.82, 2.24) is 15.2 Å². The highest BCUT2D eigenvalue weighted by atomic mass is 33.1. The molecular formula is C47H66N6O6S2. The van der Waals surface area contributed by atoms with Gasteiger partial charge in [-0.25, -0.2) is 9.98 Å². The minimum absolute atomic E-state index is 0.00324. The van der Waals surface area contributed by atoms with E-state index in [0.29, 0.717) is 92.9 Å². The largest absolute Gasteiger partial charge is 0.504 e. The number of hydrogen-bond acceptors (Lipinski definition) is 13. The number of phenolic OH excluding ortho intramolecular Hbond substituents is 1. The molecule has 0 spiro atoms. The van der Waals surface area contributed by atoms with Crippen LogP contribution in [0, 0.1) is 11.3 Å². The van der Waals surface area contributed by atoms with Gasteiger partial charge in [-0.3, -0.25) is 9.59 Å². The second-order valence-corrected chi connectivity index (χ2v) is 19.9. The van der Waals surface area contributed by atoms with Gasteiger partial charge in [0.2, 0.25) is 5.91 Å². The molecule has 0 radical (unpaired) electrons. The number of aliphatic hydroxyl groups excluding tert-OH is 1. The van der Waals surface area contributed by atoms with Gasteiger partial charge in [-0.15, -0.1) is 0 Å². The lowest BCUT2D eigenvalue weighted by molar-refractivity contribution is -0.148. The molecule has 1 aliphatic carbocycles. The molecule has 2 aromatic carbocycles. The van der Waals surface area contributed by atoms with Crippen LogP contribution in [0.15, 0.2) is 65.8 Å². The Hall–Kier alpha value is -4.14. The first-order valence-electron chi connectivity index (χ1n) is 22.2. The standard InChI is InChI=1S/C47H66N6O6S2/c1-33(54)58-41-18-17-36-23-38(45(57)42(24-36)59-40-13-7-8-14-40)29-53-31-47(28-44(53)56,27-37-19-21-50-43(48)25-37)20-22-51-46(49)52-32-61-60-30-35(11-5-6-12-39(55)26-41)16-15-34-9-3-2-4-10-34/h2-4,9-10,19,21,23-25,35,39-41,55,57H,5-8,11-18,20,22,26-32H2,1H3,(H2,48,50)(H3,49,51,52). The van der Waals surface area contributed by atoms with E-state index in [4.69, 9.17) is 20.9 Å². The molecule has 3 aliphatic rings. The minimum Gasteiger partial charge on any atom is -0.504 e. The lowest BCUT2D eigenvalue weighted by Gasteiger charge is -2.30. The third-order valence-corrected chi connectivity index (χ3v) is 14.6. The van der Waals surface area contributed by atoms with Gasteiger partial charge in [0.05, 0.1) is 18.1 Å². The highest BCUT2D eigenvalue weighted by molar-refractivity contribution is 8.76. The number of phenols is 1. The molecule has 2 aliphatic heterocycles. The monoisotopic (exact) mass is 874 g/mol. The zero-order chi connectivity index (χ0) is 43.0. The molecule has 1 saturated carbocycles. The van der Waals surface area contributed by atoms with Crippen molar-refractivity contribution in [2.75, 3.05) is 30.5 Å². The molecule has 2 fully saturated rings. The van der Waals surface area contributed by atoms with Crippen LogP contribution < -0.4 is 21.5 Å².